The number of carbonyl (C=O) groups is 3. The summed E-state index contributed by atoms with van der Waals surface area (Å²) in [7, 11) is 3.51. The Kier molecular flexibility index (Phi) is 5.89. The lowest BCUT2D eigenvalue weighted by Crippen LogP contribution is -2.66. The molecule has 1 amide bonds. The van der Waals surface area contributed by atoms with E-state index in [2.05, 4.69) is 4.98 Å². The lowest BCUT2D eigenvalue weighted by molar-refractivity contribution is -0.154. The molecular weight excluding hydrogens is 456 g/mol. The number of likely N-dealkylation sites (N-methyl/N-ethyl adjacent to an activating group) is 1. The van der Waals surface area contributed by atoms with Crippen LogP contribution in [-0.2, 0) is 20.8 Å². The number of carbonyl (C=O) groups excluding carboxylic acids is 3. The monoisotopic (exact) mass is 486 g/mol. The van der Waals surface area contributed by atoms with Gasteiger partial charge >= 0.3 is 0 Å². The predicted octanol–water partition coefficient (Wildman–Crippen LogP) is 0.205. The van der Waals surface area contributed by atoms with Crippen molar-refractivity contribution in [2.45, 2.75) is 38.3 Å². The van der Waals surface area contributed by atoms with Crippen LogP contribution in [0.25, 0.3) is 5.76 Å². The third-order valence-corrected chi connectivity index (χ3v) is 7.52. The molecule has 0 aliphatic heterocycles. The van der Waals surface area contributed by atoms with Gasteiger partial charge < -0.3 is 31.1 Å². The number of nitrogens with zero attached hydrogens (tertiary/aromatic N) is 3. The van der Waals surface area contributed by atoms with Crippen LogP contribution in [0.5, 0.6) is 5.75 Å². The Morgan fingerprint density at radius 1 is 1.20 bits per heavy atom. The molecule has 1 aromatic rings. The zero-order valence-electron chi connectivity index (χ0n) is 20.1. The van der Waals surface area contributed by atoms with Crippen LogP contribution >= 0.6 is 0 Å². The number of fused-ring (bicyclic) bond motifs is 3. The molecule has 35 heavy (non-hydrogen) atoms. The number of aliphatic hydroxyl groups is 3. The Hall–Kier alpha value is -3.44. The first-order valence-corrected chi connectivity index (χ1v) is 11.5. The van der Waals surface area contributed by atoms with Gasteiger partial charge in [0.15, 0.2) is 11.4 Å². The summed E-state index contributed by atoms with van der Waals surface area (Å²) in [6, 6.07) is -1.09. The molecule has 0 unspecified atom stereocenters. The first kappa shape index (κ1) is 24.7. The molecule has 11 heteroatoms. The van der Waals surface area contributed by atoms with Crippen molar-refractivity contribution in [1.29, 1.82) is 0 Å². The van der Waals surface area contributed by atoms with Crippen LogP contribution in [0.2, 0.25) is 0 Å². The van der Waals surface area contributed by atoms with Crippen LogP contribution in [-0.4, -0.2) is 86.6 Å². The standard InChI is InChI=1S/C24H30N4O7/c1-5-28(6-2)17-12-8-10-7-11-15(13(29)9-26-23(11)27(3)4)18(30)14(10)20(32)24(12,35)21(33)16(19(17)31)22(25)34/h9-10,12,17,29-30,33,35H,5-8H2,1-4H3,(H2,25,34)/t10-,12-,17-,24-/m0/s1. The third-order valence-electron chi connectivity index (χ3n) is 7.52. The van der Waals surface area contributed by atoms with Crippen molar-refractivity contribution in [3.8, 4) is 5.75 Å². The highest BCUT2D eigenvalue weighted by molar-refractivity contribution is 6.24. The van der Waals surface area contributed by atoms with Crippen molar-refractivity contribution < 1.29 is 34.8 Å². The molecule has 0 aromatic carbocycles. The van der Waals surface area contributed by atoms with Gasteiger partial charge in [0.2, 0.25) is 5.78 Å². The van der Waals surface area contributed by atoms with Gasteiger partial charge in [0, 0.05) is 31.1 Å². The van der Waals surface area contributed by atoms with E-state index in [9.17, 15) is 34.8 Å². The summed E-state index contributed by atoms with van der Waals surface area (Å²) in [6.07, 6.45) is 1.41. The number of anilines is 1. The van der Waals surface area contributed by atoms with Gasteiger partial charge in [-0.05, 0) is 31.8 Å². The highest BCUT2D eigenvalue weighted by atomic mass is 16.3. The molecule has 3 aliphatic rings. The van der Waals surface area contributed by atoms with E-state index in [1.54, 1.807) is 37.7 Å². The molecule has 0 spiro atoms. The van der Waals surface area contributed by atoms with Gasteiger partial charge in [0.25, 0.3) is 5.91 Å². The zero-order chi connectivity index (χ0) is 26.0. The maximum absolute atomic E-state index is 13.8. The Balaban J connectivity index is 1.99. The number of nitrogens with two attached hydrogens (primary N) is 1. The summed E-state index contributed by atoms with van der Waals surface area (Å²) < 4.78 is 0. The van der Waals surface area contributed by atoms with Gasteiger partial charge in [-0.15, -0.1) is 0 Å². The molecular formula is C24H30N4O7. The van der Waals surface area contributed by atoms with Crippen LogP contribution in [0.3, 0.4) is 0 Å². The summed E-state index contributed by atoms with van der Waals surface area (Å²) in [5, 5.41) is 44.3. The van der Waals surface area contributed by atoms with Crippen molar-refractivity contribution in [2.75, 3.05) is 32.1 Å². The molecule has 1 saturated carbocycles. The van der Waals surface area contributed by atoms with Crippen molar-refractivity contribution in [3.63, 3.8) is 0 Å². The summed E-state index contributed by atoms with van der Waals surface area (Å²) in [5.74, 6) is -6.21. The van der Waals surface area contributed by atoms with E-state index >= 15 is 0 Å². The van der Waals surface area contributed by atoms with Crippen LogP contribution in [0, 0.1) is 11.8 Å². The maximum Gasteiger partial charge on any atom is 0.255 e. The van der Waals surface area contributed by atoms with Gasteiger partial charge in [0.05, 0.1) is 17.8 Å². The molecule has 1 heterocycles. The zero-order valence-corrected chi connectivity index (χ0v) is 20.1. The van der Waals surface area contributed by atoms with Crippen LogP contribution in [0.4, 0.5) is 5.82 Å². The normalized spacial score (nSPS) is 28.1. The molecule has 3 aliphatic carbocycles. The van der Waals surface area contributed by atoms with E-state index in [0.717, 1.165) is 6.20 Å². The number of rotatable bonds is 5. The topological polar surface area (TPSA) is 178 Å². The van der Waals surface area contributed by atoms with E-state index in [-0.39, 0.29) is 29.7 Å². The van der Waals surface area contributed by atoms with Crippen LogP contribution < -0.4 is 10.6 Å². The lowest BCUT2D eigenvalue weighted by Gasteiger charge is -2.51. The highest BCUT2D eigenvalue weighted by Gasteiger charge is 2.64. The summed E-state index contributed by atoms with van der Waals surface area (Å²) >= 11 is 0. The van der Waals surface area contributed by atoms with Crippen molar-refractivity contribution in [1.82, 2.24) is 9.88 Å². The fraction of sp³-hybridized carbons (Fsp3) is 0.500. The van der Waals surface area contributed by atoms with Crippen molar-refractivity contribution in [2.24, 2.45) is 17.6 Å². The van der Waals surface area contributed by atoms with E-state index in [4.69, 9.17) is 5.73 Å². The molecule has 0 radical (unpaired) electrons. The minimum atomic E-state index is -2.64. The minimum Gasteiger partial charge on any atom is -0.508 e. The predicted molar refractivity (Wildman–Crippen MR) is 126 cm³/mol. The number of Topliss-reactive ketones (excluding diaryl/α,β-unsaturated/α-hetero) is 2. The fourth-order valence-electron chi connectivity index (χ4n) is 5.95. The number of pyridine rings is 1. The molecule has 1 aromatic heterocycles. The molecule has 6 N–H and O–H groups in total. The van der Waals surface area contributed by atoms with Gasteiger partial charge in [-0.25, -0.2) is 4.98 Å². The summed E-state index contributed by atoms with van der Waals surface area (Å²) in [4.78, 5) is 47.0. The molecule has 188 valence electrons. The first-order valence-electron chi connectivity index (χ1n) is 11.5. The molecule has 4 atom stereocenters. The van der Waals surface area contributed by atoms with Crippen molar-refractivity contribution >= 4 is 29.1 Å². The SMILES string of the molecule is CCN(CC)[C@@H]1C(=O)C(C(N)=O)=C(O)[C@@]2(O)C(=O)C3=C(O)c4c(O)cnc(N(C)C)c4C[C@H]3C[C@@H]12. The second-order valence-electron chi connectivity index (χ2n) is 9.43. The van der Waals surface area contributed by atoms with E-state index in [1.165, 1.54) is 0 Å². The maximum atomic E-state index is 13.8. The van der Waals surface area contributed by atoms with Gasteiger partial charge in [-0.3, -0.25) is 19.3 Å². The van der Waals surface area contributed by atoms with Crippen LogP contribution in [0.1, 0.15) is 31.4 Å². The number of hydrogen-bond donors (Lipinski definition) is 5. The van der Waals surface area contributed by atoms with Crippen molar-refractivity contribution in [3.05, 3.63) is 34.2 Å². The largest absolute Gasteiger partial charge is 0.508 e. The average molecular weight is 487 g/mol. The second-order valence-corrected chi connectivity index (χ2v) is 9.43. The smallest absolute Gasteiger partial charge is 0.255 e. The summed E-state index contributed by atoms with van der Waals surface area (Å²) in [6.45, 7) is 4.36. The Morgan fingerprint density at radius 3 is 2.37 bits per heavy atom. The Bertz CT molecular complexity index is 1200. The number of hydrogen-bond acceptors (Lipinski definition) is 10. The number of amides is 1. The molecule has 4 rings (SSSR count). The number of primary amides is 1. The second kappa shape index (κ2) is 8.35. The Morgan fingerprint density at radius 2 is 1.83 bits per heavy atom. The minimum absolute atomic E-state index is 0.0242. The van der Waals surface area contributed by atoms with Gasteiger partial charge in [0.1, 0.15) is 28.7 Å². The third kappa shape index (κ3) is 3.25. The summed E-state index contributed by atoms with van der Waals surface area (Å²) in [5.41, 5.74) is 2.30. The quantitative estimate of drug-likeness (QED) is 0.361. The number of ketones is 2. The average Bonchev–Trinajstić information content (AvgIpc) is 2.78. The molecule has 1 fully saturated rings. The van der Waals surface area contributed by atoms with Gasteiger partial charge in [-0.1, -0.05) is 13.8 Å². The lowest BCUT2D eigenvalue weighted by atomic mass is 9.57. The van der Waals surface area contributed by atoms with E-state index < -0.39 is 58.0 Å². The number of aromatic hydroxyl groups is 1. The Labute approximate surface area is 202 Å². The molecule has 0 bridgehead atoms. The van der Waals surface area contributed by atoms with E-state index in [1.807, 2.05) is 0 Å². The fourth-order valence-corrected chi connectivity index (χ4v) is 5.95. The first-order chi connectivity index (χ1) is 16.4. The number of aromatic nitrogens is 1. The molecule has 11 nitrogen and oxygen atoms in total. The van der Waals surface area contributed by atoms with Crippen LogP contribution in [0.15, 0.2) is 23.1 Å². The molecule has 0 saturated heterocycles. The highest BCUT2D eigenvalue weighted by Crippen LogP contribution is 2.53. The van der Waals surface area contributed by atoms with Gasteiger partial charge in [-0.2, -0.15) is 0 Å². The van der Waals surface area contributed by atoms with E-state index in [0.29, 0.717) is 24.5 Å². The number of aliphatic hydroxyl groups excluding tert-OH is 2.